The van der Waals surface area contributed by atoms with E-state index in [4.69, 9.17) is 14.4 Å². The fourth-order valence-corrected chi connectivity index (χ4v) is 1.25. The van der Waals surface area contributed by atoms with Crippen molar-refractivity contribution >= 4 is 0 Å². The van der Waals surface area contributed by atoms with Crippen molar-refractivity contribution in [1.82, 2.24) is 15.5 Å². The Hall–Kier alpha value is -0.980. The molecule has 0 aliphatic rings. The van der Waals surface area contributed by atoms with Gasteiger partial charge in [0.1, 0.15) is 0 Å². The van der Waals surface area contributed by atoms with Crippen LogP contribution in [0.1, 0.15) is 18.1 Å². The van der Waals surface area contributed by atoms with Crippen molar-refractivity contribution in [2.24, 2.45) is 0 Å². The average Bonchev–Trinajstić information content (AvgIpc) is 2.61. The number of aliphatic hydroxyl groups is 1. The van der Waals surface area contributed by atoms with Gasteiger partial charge in [-0.2, -0.15) is 4.98 Å². The number of aromatic nitrogens is 2. The maximum atomic E-state index is 8.82. The van der Waals surface area contributed by atoms with Gasteiger partial charge < -0.3 is 19.7 Å². The van der Waals surface area contributed by atoms with Crippen LogP contribution in [-0.2, 0) is 11.3 Å². The van der Waals surface area contributed by atoms with E-state index >= 15 is 0 Å². The smallest absolute Gasteiger partial charge is 0.223 e. The monoisotopic (exact) mass is 215 g/mol. The first-order valence-corrected chi connectivity index (χ1v) is 4.88. The van der Waals surface area contributed by atoms with Crippen LogP contribution < -0.4 is 5.32 Å². The van der Waals surface area contributed by atoms with Gasteiger partial charge in [-0.3, -0.25) is 0 Å². The van der Waals surface area contributed by atoms with Gasteiger partial charge in [-0.1, -0.05) is 5.16 Å². The summed E-state index contributed by atoms with van der Waals surface area (Å²) in [5.74, 6) is 1.17. The first-order chi connectivity index (χ1) is 7.26. The van der Waals surface area contributed by atoms with Crippen LogP contribution in [0.15, 0.2) is 4.52 Å². The maximum Gasteiger partial charge on any atom is 0.223 e. The lowest BCUT2D eigenvalue weighted by Gasteiger charge is -2.15. The fourth-order valence-electron chi connectivity index (χ4n) is 1.25. The molecule has 1 heterocycles. The van der Waals surface area contributed by atoms with Crippen LogP contribution in [-0.4, -0.2) is 41.6 Å². The van der Waals surface area contributed by atoms with Crippen molar-refractivity contribution < 1.29 is 14.4 Å². The number of aryl methyl sites for hydroxylation is 1. The normalized spacial score (nSPS) is 13.0. The Morgan fingerprint density at radius 1 is 1.60 bits per heavy atom. The third-order valence-corrected chi connectivity index (χ3v) is 1.96. The van der Waals surface area contributed by atoms with E-state index in [1.165, 1.54) is 0 Å². The molecule has 0 saturated heterocycles. The Labute approximate surface area is 88.6 Å². The van der Waals surface area contributed by atoms with Crippen LogP contribution in [0.25, 0.3) is 0 Å². The molecule has 1 aromatic rings. The molecule has 0 aromatic carbocycles. The van der Waals surface area contributed by atoms with Gasteiger partial charge in [0.15, 0.2) is 5.82 Å². The second-order valence-corrected chi connectivity index (χ2v) is 3.28. The van der Waals surface area contributed by atoms with Gasteiger partial charge in [0, 0.05) is 26.7 Å². The van der Waals surface area contributed by atoms with Crippen LogP contribution >= 0.6 is 0 Å². The van der Waals surface area contributed by atoms with Gasteiger partial charge in [-0.25, -0.2) is 0 Å². The molecule has 6 nitrogen and oxygen atoms in total. The molecule has 1 unspecified atom stereocenters. The number of ether oxygens (including phenoxy) is 1. The number of aliphatic hydroxyl groups excluding tert-OH is 1. The Morgan fingerprint density at radius 2 is 2.40 bits per heavy atom. The number of nitrogens with one attached hydrogen (secondary N) is 1. The maximum absolute atomic E-state index is 8.82. The summed E-state index contributed by atoms with van der Waals surface area (Å²) in [5.41, 5.74) is 0. The van der Waals surface area contributed by atoms with Gasteiger partial charge in [-0.15, -0.1) is 0 Å². The van der Waals surface area contributed by atoms with E-state index in [0.29, 0.717) is 31.3 Å². The fraction of sp³-hybridized carbons (Fsp3) is 0.778. The lowest BCUT2D eigenvalue weighted by molar-refractivity contribution is 0.147. The largest absolute Gasteiger partial charge is 0.396 e. The van der Waals surface area contributed by atoms with E-state index in [9.17, 15) is 0 Å². The molecule has 0 amide bonds. The second-order valence-electron chi connectivity index (χ2n) is 3.28. The molecule has 0 aliphatic carbocycles. The number of hydrogen-bond donors (Lipinski definition) is 2. The summed E-state index contributed by atoms with van der Waals surface area (Å²) in [6, 6.07) is 0.110. The number of rotatable bonds is 7. The number of nitrogens with zero attached hydrogens (tertiary/aromatic N) is 2. The topological polar surface area (TPSA) is 80.4 Å². The van der Waals surface area contributed by atoms with Crippen LogP contribution in [0.5, 0.6) is 0 Å². The van der Waals surface area contributed by atoms with E-state index < -0.39 is 0 Å². The summed E-state index contributed by atoms with van der Waals surface area (Å²) < 4.78 is 9.85. The third-order valence-electron chi connectivity index (χ3n) is 1.96. The van der Waals surface area contributed by atoms with E-state index in [2.05, 4.69) is 15.5 Å². The Kier molecular flexibility index (Phi) is 5.23. The molecule has 0 saturated carbocycles. The second kappa shape index (κ2) is 6.49. The summed E-state index contributed by atoms with van der Waals surface area (Å²) in [6.07, 6.45) is 0.644. The summed E-state index contributed by atoms with van der Waals surface area (Å²) in [4.78, 5) is 4.06. The third kappa shape index (κ3) is 4.37. The standard InChI is InChI=1S/C9H17N3O3/c1-7-11-9(12-15-7)5-10-8(3-4-13)6-14-2/h8,10,13H,3-6H2,1-2H3. The highest BCUT2D eigenvalue weighted by Gasteiger charge is 2.09. The summed E-state index contributed by atoms with van der Waals surface area (Å²) >= 11 is 0. The zero-order chi connectivity index (χ0) is 11.1. The molecule has 1 rings (SSSR count). The van der Waals surface area contributed by atoms with Crippen molar-refractivity contribution in [2.75, 3.05) is 20.3 Å². The molecule has 0 aliphatic heterocycles. The molecule has 0 spiro atoms. The van der Waals surface area contributed by atoms with E-state index in [1.807, 2.05) is 0 Å². The van der Waals surface area contributed by atoms with Crippen molar-refractivity contribution in [1.29, 1.82) is 0 Å². The minimum atomic E-state index is 0.110. The molecule has 0 fully saturated rings. The highest BCUT2D eigenvalue weighted by molar-refractivity contribution is 4.84. The molecule has 15 heavy (non-hydrogen) atoms. The highest BCUT2D eigenvalue weighted by Crippen LogP contribution is 1.97. The lowest BCUT2D eigenvalue weighted by atomic mass is 10.2. The Bertz CT molecular complexity index is 271. The van der Waals surface area contributed by atoms with E-state index in [-0.39, 0.29) is 12.6 Å². The van der Waals surface area contributed by atoms with Crippen molar-refractivity contribution in [3.05, 3.63) is 11.7 Å². The SMILES string of the molecule is COCC(CCO)NCc1noc(C)n1. The molecular weight excluding hydrogens is 198 g/mol. The van der Waals surface area contributed by atoms with E-state index in [1.54, 1.807) is 14.0 Å². The lowest BCUT2D eigenvalue weighted by Crippen LogP contribution is -2.33. The molecule has 1 aromatic heterocycles. The molecule has 1 atom stereocenters. The summed E-state index contributed by atoms with van der Waals surface area (Å²) in [7, 11) is 1.63. The van der Waals surface area contributed by atoms with Crippen LogP contribution in [0.2, 0.25) is 0 Å². The predicted molar refractivity (Wildman–Crippen MR) is 53.2 cm³/mol. The summed E-state index contributed by atoms with van der Waals surface area (Å²) in [5, 5.41) is 15.8. The predicted octanol–water partition coefficient (Wildman–Crippen LogP) is -0.135. The summed E-state index contributed by atoms with van der Waals surface area (Å²) in [6.45, 7) is 2.95. The molecule has 2 N–H and O–H groups in total. The quantitative estimate of drug-likeness (QED) is 0.659. The average molecular weight is 215 g/mol. The van der Waals surface area contributed by atoms with Crippen LogP contribution in [0.4, 0.5) is 0 Å². The minimum Gasteiger partial charge on any atom is -0.396 e. The van der Waals surface area contributed by atoms with Gasteiger partial charge >= 0.3 is 0 Å². The number of hydrogen-bond acceptors (Lipinski definition) is 6. The van der Waals surface area contributed by atoms with Gasteiger partial charge in [0.05, 0.1) is 13.2 Å². The number of methoxy groups -OCH3 is 1. The van der Waals surface area contributed by atoms with Gasteiger partial charge in [-0.05, 0) is 6.42 Å². The Morgan fingerprint density at radius 3 is 2.93 bits per heavy atom. The van der Waals surface area contributed by atoms with Gasteiger partial charge in [0.2, 0.25) is 5.89 Å². The van der Waals surface area contributed by atoms with Crippen molar-refractivity contribution in [3.63, 3.8) is 0 Å². The van der Waals surface area contributed by atoms with Crippen molar-refractivity contribution in [3.8, 4) is 0 Å². The molecular formula is C9H17N3O3. The van der Waals surface area contributed by atoms with Gasteiger partial charge in [0.25, 0.3) is 0 Å². The highest BCUT2D eigenvalue weighted by atomic mass is 16.5. The minimum absolute atomic E-state index is 0.110. The van der Waals surface area contributed by atoms with Crippen molar-refractivity contribution in [2.45, 2.75) is 25.9 Å². The first kappa shape index (κ1) is 12.1. The molecule has 6 heteroatoms. The zero-order valence-electron chi connectivity index (χ0n) is 9.06. The van der Waals surface area contributed by atoms with Crippen LogP contribution in [0.3, 0.4) is 0 Å². The zero-order valence-corrected chi connectivity index (χ0v) is 9.06. The first-order valence-electron chi connectivity index (χ1n) is 4.88. The molecule has 86 valence electrons. The Balaban J connectivity index is 2.32. The molecule has 0 radical (unpaired) electrons. The van der Waals surface area contributed by atoms with E-state index in [0.717, 1.165) is 0 Å². The van der Waals surface area contributed by atoms with Crippen LogP contribution in [0, 0.1) is 6.92 Å². The molecule has 0 bridgehead atoms.